The molecule has 134 valence electrons. The van der Waals surface area contributed by atoms with Crippen LogP contribution in [0.5, 0.6) is 5.75 Å². The third kappa shape index (κ3) is 5.41. The zero-order valence-electron chi connectivity index (χ0n) is 14.0. The molecule has 0 aromatic heterocycles. The number of hydrogen-bond acceptors (Lipinski definition) is 6. The first kappa shape index (κ1) is 20.3. The zero-order chi connectivity index (χ0) is 18.5. The van der Waals surface area contributed by atoms with Gasteiger partial charge in [-0.1, -0.05) is 6.07 Å². The Morgan fingerprint density at radius 1 is 1.33 bits per heavy atom. The van der Waals surface area contributed by atoms with Gasteiger partial charge in [0.2, 0.25) is 0 Å². The van der Waals surface area contributed by atoms with Gasteiger partial charge in [0.1, 0.15) is 5.56 Å². The summed E-state index contributed by atoms with van der Waals surface area (Å²) >= 11 is 1.54. The van der Waals surface area contributed by atoms with Crippen molar-refractivity contribution in [1.82, 2.24) is 5.32 Å². The number of carbonyl (C=O) groups is 2. The van der Waals surface area contributed by atoms with Crippen LogP contribution in [0.25, 0.3) is 0 Å². The van der Waals surface area contributed by atoms with Crippen LogP contribution in [0.4, 0.5) is 0 Å². The molecule has 0 aliphatic carbocycles. The molecule has 0 radical (unpaired) electrons. The maximum atomic E-state index is 12.5. The molecule has 0 unspecified atom stereocenters. The molecule has 0 spiro atoms. The number of amides is 1. The van der Waals surface area contributed by atoms with E-state index in [9.17, 15) is 23.1 Å². The number of carboxylic acid groups (broad SMARTS) is 1. The number of nitrogens with one attached hydrogen (secondary N) is 1. The summed E-state index contributed by atoms with van der Waals surface area (Å²) in [5, 5.41) is 12.2. The summed E-state index contributed by atoms with van der Waals surface area (Å²) in [6.07, 6.45) is 1.89. The molecular weight excluding hydrogens is 354 g/mol. The summed E-state index contributed by atoms with van der Waals surface area (Å²) in [5.41, 5.74) is -1.19. The molecule has 0 saturated heterocycles. The predicted octanol–water partition coefficient (Wildman–Crippen LogP) is 1.98. The summed E-state index contributed by atoms with van der Waals surface area (Å²) in [5.74, 6) is -2.11. The minimum absolute atomic E-state index is 0.152. The maximum Gasteiger partial charge on any atom is 0.340 e. The van der Waals surface area contributed by atoms with E-state index in [1.807, 2.05) is 20.1 Å². The van der Waals surface area contributed by atoms with Crippen LogP contribution in [0.3, 0.4) is 0 Å². The molecule has 1 amide bonds. The van der Waals surface area contributed by atoms with E-state index in [0.717, 1.165) is 0 Å². The van der Waals surface area contributed by atoms with E-state index in [1.165, 1.54) is 36.9 Å². The summed E-state index contributed by atoms with van der Waals surface area (Å²) in [6.45, 7) is 4.99. The molecule has 2 N–H and O–H groups in total. The molecular formula is C15H21NO6S2. The Kier molecular flexibility index (Phi) is 6.67. The van der Waals surface area contributed by atoms with Crippen molar-refractivity contribution in [2.24, 2.45) is 0 Å². The highest BCUT2D eigenvalue weighted by Crippen LogP contribution is 2.25. The molecule has 24 heavy (non-hydrogen) atoms. The van der Waals surface area contributed by atoms with Crippen molar-refractivity contribution in [2.45, 2.75) is 26.3 Å². The Morgan fingerprint density at radius 2 is 1.96 bits per heavy atom. The Morgan fingerprint density at radius 3 is 2.46 bits per heavy atom. The second-order valence-electron chi connectivity index (χ2n) is 5.68. The van der Waals surface area contributed by atoms with E-state index in [0.29, 0.717) is 5.75 Å². The van der Waals surface area contributed by atoms with Gasteiger partial charge in [-0.2, -0.15) is 20.2 Å². The lowest BCUT2D eigenvalue weighted by atomic mass is 10.0. The number of aromatic carboxylic acids is 1. The zero-order valence-corrected chi connectivity index (χ0v) is 15.6. The molecule has 0 fully saturated rings. The fourth-order valence-electron chi connectivity index (χ4n) is 1.98. The minimum atomic E-state index is -3.91. The highest BCUT2D eigenvalue weighted by molar-refractivity contribution is 7.98. The first-order chi connectivity index (χ1) is 11.0. The van der Waals surface area contributed by atoms with Gasteiger partial charge in [0.25, 0.3) is 5.91 Å². The standard InChI is InChI=1S/C15H21NO6S2/c1-5-24(20,21)22-11-8-6-7-10(12(11)14(18)19)13(17)16-15(2,3)9-23-4/h6-8H,5,9H2,1-4H3,(H,16,17)(H,18,19). The molecule has 1 aromatic carbocycles. The lowest BCUT2D eigenvalue weighted by Gasteiger charge is -2.25. The molecule has 0 bridgehead atoms. The van der Waals surface area contributed by atoms with Crippen LogP contribution < -0.4 is 9.50 Å². The van der Waals surface area contributed by atoms with E-state index in [2.05, 4.69) is 5.32 Å². The van der Waals surface area contributed by atoms with Crippen LogP contribution in [0.1, 0.15) is 41.5 Å². The van der Waals surface area contributed by atoms with Gasteiger partial charge < -0.3 is 14.6 Å². The fourth-order valence-corrected chi connectivity index (χ4v) is 3.30. The Hall–Kier alpha value is -1.74. The number of thioether (sulfide) groups is 1. The van der Waals surface area contributed by atoms with Gasteiger partial charge in [0.15, 0.2) is 5.75 Å². The minimum Gasteiger partial charge on any atom is -0.478 e. The van der Waals surface area contributed by atoms with Crippen LogP contribution in [-0.2, 0) is 10.1 Å². The van der Waals surface area contributed by atoms with E-state index in [4.69, 9.17) is 4.18 Å². The number of rotatable bonds is 8. The fraction of sp³-hybridized carbons (Fsp3) is 0.467. The van der Waals surface area contributed by atoms with E-state index in [-0.39, 0.29) is 17.1 Å². The van der Waals surface area contributed by atoms with Crippen molar-refractivity contribution in [3.8, 4) is 5.75 Å². The van der Waals surface area contributed by atoms with E-state index in [1.54, 1.807) is 0 Å². The SMILES string of the molecule is CCS(=O)(=O)Oc1cccc(C(=O)NC(C)(C)CSC)c1C(=O)O. The third-order valence-corrected chi connectivity index (χ3v) is 5.16. The number of hydrogen-bond donors (Lipinski definition) is 2. The molecule has 1 rings (SSSR count). The lowest BCUT2D eigenvalue weighted by Crippen LogP contribution is -2.45. The smallest absolute Gasteiger partial charge is 0.340 e. The third-order valence-electron chi connectivity index (χ3n) is 3.01. The van der Waals surface area contributed by atoms with Crippen molar-refractivity contribution in [3.63, 3.8) is 0 Å². The number of carboxylic acids is 1. The van der Waals surface area contributed by atoms with Gasteiger partial charge in [-0.25, -0.2) is 4.79 Å². The molecule has 0 aliphatic heterocycles. The molecule has 1 aromatic rings. The van der Waals surface area contributed by atoms with Gasteiger partial charge in [-0.05, 0) is 39.2 Å². The monoisotopic (exact) mass is 375 g/mol. The Bertz CT molecular complexity index is 727. The van der Waals surface area contributed by atoms with Crippen LogP contribution >= 0.6 is 11.8 Å². The van der Waals surface area contributed by atoms with Crippen molar-refractivity contribution in [2.75, 3.05) is 17.8 Å². The number of carbonyl (C=O) groups excluding carboxylic acids is 1. The van der Waals surface area contributed by atoms with Crippen molar-refractivity contribution < 1.29 is 27.3 Å². The van der Waals surface area contributed by atoms with Gasteiger partial charge in [0.05, 0.1) is 11.3 Å². The summed E-state index contributed by atoms with van der Waals surface area (Å²) in [7, 11) is -3.91. The Balaban J connectivity index is 3.29. The summed E-state index contributed by atoms with van der Waals surface area (Å²) in [4.78, 5) is 24.0. The first-order valence-corrected chi connectivity index (χ1v) is 10.1. The maximum absolute atomic E-state index is 12.5. The van der Waals surface area contributed by atoms with Crippen molar-refractivity contribution in [3.05, 3.63) is 29.3 Å². The van der Waals surface area contributed by atoms with Gasteiger partial charge in [0, 0.05) is 11.3 Å². The average Bonchev–Trinajstić information content (AvgIpc) is 2.45. The molecule has 0 atom stereocenters. The highest BCUT2D eigenvalue weighted by atomic mass is 32.2. The Labute approximate surface area is 145 Å². The summed E-state index contributed by atoms with van der Waals surface area (Å²) in [6, 6.07) is 3.91. The average molecular weight is 375 g/mol. The largest absolute Gasteiger partial charge is 0.478 e. The first-order valence-electron chi connectivity index (χ1n) is 7.13. The highest BCUT2D eigenvalue weighted by Gasteiger charge is 2.27. The van der Waals surface area contributed by atoms with Crippen LogP contribution in [0, 0.1) is 0 Å². The molecule has 7 nitrogen and oxygen atoms in total. The van der Waals surface area contributed by atoms with Gasteiger partial charge in [-0.15, -0.1) is 0 Å². The van der Waals surface area contributed by atoms with Crippen LogP contribution in [0.2, 0.25) is 0 Å². The van der Waals surface area contributed by atoms with Gasteiger partial charge in [-0.3, -0.25) is 4.79 Å². The topological polar surface area (TPSA) is 110 Å². The molecule has 9 heteroatoms. The van der Waals surface area contributed by atoms with Crippen LogP contribution in [-0.4, -0.2) is 48.7 Å². The van der Waals surface area contributed by atoms with E-state index >= 15 is 0 Å². The predicted molar refractivity (Wildman–Crippen MR) is 93.4 cm³/mol. The molecule has 0 saturated carbocycles. The molecule has 0 heterocycles. The van der Waals surface area contributed by atoms with Crippen LogP contribution in [0.15, 0.2) is 18.2 Å². The van der Waals surface area contributed by atoms with Crippen molar-refractivity contribution >= 4 is 33.8 Å². The lowest BCUT2D eigenvalue weighted by molar-refractivity contribution is 0.0687. The van der Waals surface area contributed by atoms with E-state index < -0.39 is 33.1 Å². The number of benzene rings is 1. The second-order valence-corrected chi connectivity index (χ2v) is 8.41. The van der Waals surface area contributed by atoms with Crippen molar-refractivity contribution in [1.29, 1.82) is 0 Å². The second kappa shape index (κ2) is 7.89. The van der Waals surface area contributed by atoms with Gasteiger partial charge >= 0.3 is 16.1 Å². The normalized spacial score (nSPS) is 11.8. The summed E-state index contributed by atoms with van der Waals surface area (Å²) < 4.78 is 28.1. The quantitative estimate of drug-likeness (QED) is 0.669. The molecule has 0 aliphatic rings.